The van der Waals surface area contributed by atoms with E-state index in [9.17, 15) is 9.59 Å². The lowest BCUT2D eigenvalue weighted by Crippen LogP contribution is -2.29. The van der Waals surface area contributed by atoms with Gasteiger partial charge in [0.05, 0.1) is 30.9 Å². The lowest BCUT2D eigenvalue weighted by Gasteiger charge is -2.30. The van der Waals surface area contributed by atoms with E-state index < -0.39 is 11.9 Å². The number of aryl methyl sites for hydroxylation is 1. The molecule has 0 fully saturated rings. The monoisotopic (exact) mass is 573 g/mol. The molecule has 194 valence electrons. The van der Waals surface area contributed by atoms with Gasteiger partial charge >= 0.3 is 5.97 Å². The number of carbonyl (C=O) groups excluding carboxylic acids is 2. The fourth-order valence-corrected chi connectivity index (χ4v) is 5.57. The van der Waals surface area contributed by atoms with Crippen molar-refractivity contribution in [3.8, 4) is 11.5 Å². The van der Waals surface area contributed by atoms with Crippen LogP contribution in [0.25, 0.3) is 5.70 Å². The first kappa shape index (κ1) is 25.8. The molecule has 0 amide bonds. The average Bonchev–Trinajstić information content (AvgIpc) is 3.20. The van der Waals surface area contributed by atoms with Crippen molar-refractivity contribution in [1.82, 2.24) is 5.32 Å². The molecule has 5 rings (SSSR count). The second kappa shape index (κ2) is 10.5. The van der Waals surface area contributed by atoms with Gasteiger partial charge < -0.3 is 19.5 Å². The Morgan fingerprint density at radius 2 is 1.66 bits per heavy atom. The van der Waals surface area contributed by atoms with Gasteiger partial charge in [0.15, 0.2) is 17.3 Å². The Labute approximate surface area is 230 Å². The Morgan fingerprint density at radius 1 is 0.974 bits per heavy atom. The van der Waals surface area contributed by atoms with Crippen molar-refractivity contribution < 1.29 is 23.8 Å². The maximum atomic E-state index is 13.7. The standard InChI is InChI=1S/C31H28BrNO5/c1-5-37-24-14-22(23(32)15-25(24)38-16-19-12-10-17(2)11-13-19)27-26(31(35)36-4)18(3)33-29-20-8-6-7-9-21(20)30(34)28(27)29/h6-15,27,33H,5,16H2,1-4H3/t27-/m0/s1. The van der Waals surface area contributed by atoms with Crippen molar-refractivity contribution in [2.75, 3.05) is 13.7 Å². The summed E-state index contributed by atoms with van der Waals surface area (Å²) in [5.41, 5.74) is 6.59. The van der Waals surface area contributed by atoms with Crippen LogP contribution in [0.15, 0.2) is 82.0 Å². The minimum atomic E-state index is -0.668. The molecule has 0 saturated carbocycles. The van der Waals surface area contributed by atoms with Gasteiger partial charge in [-0.05, 0) is 44.0 Å². The Bertz CT molecular complexity index is 1500. The van der Waals surface area contributed by atoms with Crippen molar-refractivity contribution in [1.29, 1.82) is 0 Å². The van der Waals surface area contributed by atoms with Crippen LogP contribution in [0.5, 0.6) is 11.5 Å². The quantitative estimate of drug-likeness (QED) is 0.326. The molecule has 38 heavy (non-hydrogen) atoms. The first-order valence-electron chi connectivity index (χ1n) is 12.4. The number of ether oxygens (including phenoxy) is 3. The smallest absolute Gasteiger partial charge is 0.336 e. The first-order valence-corrected chi connectivity index (χ1v) is 13.2. The molecule has 0 aromatic heterocycles. The van der Waals surface area contributed by atoms with Crippen molar-refractivity contribution in [2.45, 2.75) is 33.3 Å². The third kappa shape index (κ3) is 4.52. The van der Waals surface area contributed by atoms with Crippen LogP contribution in [0.4, 0.5) is 0 Å². The molecule has 6 nitrogen and oxygen atoms in total. The van der Waals surface area contributed by atoms with Gasteiger partial charge in [-0.2, -0.15) is 0 Å². The molecule has 1 heterocycles. The zero-order valence-electron chi connectivity index (χ0n) is 21.7. The molecule has 0 unspecified atom stereocenters. The Balaban J connectivity index is 1.61. The molecule has 3 aromatic rings. The zero-order chi connectivity index (χ0) is 27.0. The number of nitrogens with one attached hydrogen (secondary N) is 1. The number of Topliss-reactive ketones (excluding diaryl/α,β-unsaturated/α-hetero) is 1. The van der Waals surface area contributed by atoms with E-state index in [4.69, 9.17) is 14.2 Å². The molecule has 0 spiro atoms. The van der Waals surface area contributed by atoms with Crippen LogP contribution in [0.3, 0.4) is 0 Å². The lowest BCUT2D eigenvalue weighted by molar-refractivity contribution is -0.136. The topological polar surface area (TPSA) is 73.9 Å². The molecular weight excluding hydrogens is 546 g/mol. The van der Waals surface area contributed by atoms with Gasteiger partial charge in [0.25, 0.3) is 0 Å². The zero-order valence-corrected chi connectivity index (χ0v) is 23.3. The number of dihydropyridines is 1. The fraction of sp³-hybridized carbons (Fsp3) is 0.226. The Kier molecular flexibility index (Phi) is 7.13. The summed E-state index contributed by atoms with van der Waals surface area (Å²) in [5, 5.41) is 3.31. The van der Waals surface area contributed by atoms with Crippen molar-refractivity contribution >= 4 is 33.4 Å². The van der Waals surface area contributed by atoms with Crippen LogP contribution >= 0.6 is 15.9 Å². The van der Waals surface area contributed by atoms with Gasteiger partial charge in [-0.15, -0.1) is 0 Å². The third-order valence-corrected chi connectivity index (χ3v) is 7.53. The van der Waals surface area contributed by atoms with Crippen LogP contribution in [-0.2, 0) is 16.1 Å². The number of hydrogen-bond acceptors (Lipinski definition) is 6. The molecule has 1 aliphatic carbocycles. The Morgan fingerprint density at radius 3 is 2.34 bits per heavy atom. The van der Waals surface area contributed by atoms with Crippen LogP contribution in [0, 0.1) is 6.92 Å². The number of benzene rings is 3. The summed E-state index contributed by atoms with van der Waals surface area (Å²) >= 11 is 3.71. The number of rotatable bonds is 7. The van der Waals surface area contributed by atoms with E-state index >= 15 is 0 Å². The molecule has 7 heteroatoms. The van der Waals surface area contributed by atoms with Gasteiger partial charge in [-0.25, -0.2) is 4.79 Å². The molecule has 1 atom stereocenters. The third-order valence-electron chi connectivity index (χ3n) is 6.84. The maximum Gasteiger partial charge on any atom is 0.336 e. The molecule has 0 saturated heterocycles. The number of esters is 1. The summed E-state index contributed by atoms with van der Waals surface area (Å²) in [6.07, 6.45) is 0. The number of carbonyl (C=O) groups is 2. The molecular formula is C31H28BrNO5. The normalized spacial score (nSPS) is 16.1. The van der Waals surface area contributed by atoms with E-state index in [-0.39, 0.29) is 5.78 Å². The van der Waals surface area contributed by atoms with Gasteiger partial charge in [0.1, 0.15) is 6.61 Å². The summed E-state index contributed by atoms with van der Waals surface area (Å²) in [6, 6.07) is 19.3. The predicted molar refractivity (Wildman–Crippen MR) is 149 cm³/mol. The van der Waals surface area contributed by atoms with Crippen LogP contribution in [0.2, 0.25) is 0 Å². The van der Waals surface area contributed by atoms with Crippen LogP contribution in [0.1, 0.15) is 52.4 Å². The minimum absolute atomic E-state index is 0.119. The highest BCUT2D eigenvalue weighted by atomic mass is 79.9. The summed E-state index contributed by atoms with van der Waals surface area (Å²) in [5.74, 6) is -0.194. The fourth-order valence-electron chi connectivity index (χ4n) is 5.02. The highest BCUT2D eigenvalue weighted by molar-refractivity contribution is 9.10. The molecule has 1 aliphatic heterocycles. The highest BCUT2D eigenvalue weighted by Gasteiger charge is 2.43. The van der Waals surface area contributed by atoms with E-state index in [1.807, 2.05) is 81.4 Å². The van der Waals surface area contributed by atoms with Crippen molar-refractivity contribution in [3.63, 3.8) is 0 Å². The minimum Gasteiger partial charge on any atom is -0.490 e. The average molecular weight is 574 g/mol. The molecule has 1 N–H and O–H groups in total. The molecule has 2 aliphatic rings. The lowest BCUT2D eigenvalue weighted by atomic mass is 9.79. The number of halogens is 1. The summed E-state index contributed by atoms with van der Waals surface area (Å²) in [4.78, 5) is 26.8. The van der Waals surface area contributed by atoms with E-state index in [0.717, 1.165) is 11.1 Å². The molecule has 0 radical (unpaired) electrons. The summed E-state index contributed by atoms with van der Waals surface area (Å²) in [6.45, 7) is 6.56. The second-order valence-corrected chi connectivity index (χ2v) is 10.1. The summed E-state index contributed by atoms with van der Waals surface area (Å²) in [7, 11) is 1.34. The van der Waals surface area contributed by atoms with Crippen LogP contribution in [-0.4, -0.2) is 25.5 Å². The Hall–Kier alpha value is -3.84. The van der Waals surface area contributed by atoms with Gasteiger partial charge in [0, 0.05) is 26.9 Å². The van der Waals surface area contributed by atoms with Gasteiger partial charge in [0.2, 0.25) is 0 Å². The van der Waals surface area contributed by atoms with E-state index in [2.05, 4.69) is 21.2 Å². The van der Waals surface area contributed by atoms with E-state index in [0.29, 0.717) is 62.9 Å². The molecule has 3 aromatic carbocycles. The van der Waals surface area contributed by atoms with Crippen molar-refractivity contribution in [3.05, 3.63) is 110 Å². The number of allylic oxidation sites excluding steroid dienone is 2. The van der Waals surface area contributed by atoms with E-state index in [1.165, 1.54) is 12.7 Å². The first-order chi connectivity index (χ1) is 18.3. The number of ketones is 1. The SMILES string of the molecule is CCOc1cc([C@H]2C(C(=O)OC)=C(C)NC3=C2C(=O)c2ccccc23)c(Br)cc1OCc1ccc(C)cc1. The van der Waals surface area contributed by atoms with Crippen LogP contribution < -0.4 is 14.8 Å². The predicted octanol–water partition coefficient (Wildman–Crippen LogP) is 6.48. The van der Waals surface area contributed by atoms with Crippen molar-refractivity contribution in [2.24, 2.45) is 0 Å². The summed E-state index contributed by atoms with van der Waals surface area (Å²) < 4.78 is 18.0. The highest BCUT2D eigenvalue weighted by Crippen LogP contribution is 2.50. The maximum absolute atomic E-state index is 13.7. The number of hydrogen-bond donors (Lipinski definition) is 1. The van der Waals surface area contributed by atoms with Gasteiger partial charge in [-0.3, -0.25) is 4.79 Å². The molecule has 0 bridgehead atoms. The number of methoxy groups -OCH3 is 1. The van der Waals surface area contributed by atoms with E-state index in [1.54, 1.807) is 0 Å². The van der Waals surface area contributed by atoms with Gasteiger partial charge in [-0.1, -0.05) is 70.0 Å². The largest absolute Gasteiger partial charge is 0.490 e. The second-order valence-electron chi connectivity index (χ2n) is 9.28. The number of fused-ring (bicyclic) bond motifs is 2.